The van der Waals surface area contributed by atoms with E-state index in [0.717, 1.165) is 22.0 Å². The summed E-state index contributed by atoms with van der Waals surface area (Å²) in [5.41, 5.74) is 3.22. The predicted octanol–water partition coefficient (Wildman–Crippen LogP) is 4.04. The molecule has 4 rings (SSSR count). The summed E-state index contributed by atoms with van der Waals surface area (Å²) in [7, 11) is 3.27. The van der Waals surface area contributed by atoms with Crippen LogP contribution >= 0.6 is 0 Å². The minimum atomic E-state index is -0.764. The van der Waals surface area contributed by atoms with Crippen molar-refractivity contribution in [3.63, 3.8) is 0 Å². The van der Waals surface area contributed by atoms with Gasteiger partial charge < -0.3 is 18.8 Å². The number of fused-ring (bicyclic) bond motifs is 2. The van der Waals surface area contributed by atoms with Gasteiger partial charge in [0.25, 0.3) is 0 Å². The molecule has 0 saturated carbocycles. The zero-order chi connectivity index (χ0) is 20.7. The number of hydrogen-bond acceptors (Lipinski definition) is 5. The number of ketones is 1. The van der Waals surface area contributed by atoms with Crippen molar-refractivity contribution in [2.75, 3.05) is 7.11 Å². The number of para-hydroxylation sites is 1. The highest BCUT2D eigenvalue weighted by Crippen LogP contribution is 2.38. The molecular formula is C23H21NO5. The van der Waals surface area contributed by atoms with E-state index in [2.05, 4.69) is 4.74 Å². The normalized spacial score (nSPS) is 15.3. The molecule has 1 aliphatic rings. The zero-order valence-electron chi connectivity index (χ0n) is 16.7. The van der Waals surface area contributed by atoms with Crippen molar-refractivity contribution in [1.82, 2.24) is 4.57 Å². The van der Waals surface area contributed by atoms with Crippen LogP contribution in [0.4, 0.5) is 0 Å². The van der Waals surface area contributed by atoms with Gasteiger partial charge in [0.1, 0.15) is 11.5 Å². The number of carbonyl (C=O) groups excluding carboxylic acids is 2. The quantitative estimate of drug-likeness (QED) is 0.496. The molecule has 0 saturated heterocycles. The third-order valence-corrected chi connectivity index (χ3v) is 5.00. The number of aromatic nitrogens is 1. The first-order valence-electron chi connectivity index (χ1n) is 9.26. The fourth-order valence-electron chi connectivity index (χ4n) is 3.59. The largest absolute Gasteiger partial charge is 0.479 e. The van der Waals surface area contributed by atoms with Gasteiger partial charge in [-0.05, 0) is 37.6 Å². The first-order chi connectivity index (χ1) is 13.9. The van der Waals surface area contributed by atoms with E-state index in [4.69, 9.17) is 9.47 Å². The summed E-state index contributed by atoms with van der Waals surface area (Å²) < 4.78 is 18.2. The van der Waals surface area contributed by atoms with Gasteiger partial charge in [0, 0.05) is 35.8 Å². The molecule has 148 valence electrons. The summed E-state index contributed by atoms with van der Waals surface area (Å²) in [6.07, 6.45) is 2.97. The molecule has 0 spiro atoms. The fraction of sp³-hybridized carbons (Fsp3) is 0.217. The van der Waals surface area contributed by atoms with Gasteiger partial charge in [-0.25, -0.2) is 4.79 Å². The van der Waals surface area contributed by atoms with Crippen molar-refractivity contribution in [2.24, 2.45) is 7.05 Å². The standard InChI is InChI=1S/C23H21NO5/c1-13-9-16(28-14(2)23(26)27-4)11-19-21(13)22(25)20(29-19)10-15-12-24(3)18-8-6-5-7-17(15)18/h5-12,14H,1-4H3/b20-10-. The number of esters is 1. The van der Waals surface area contributed by atoms with Crippen LogP contribution in [0.1, 0.15) is 28.4 Å². The van der Waals surface area contributed by atoms with E-state index in [9.17, 15) is 9.59 Å². The van der Waals surface area contributed by atoms with E-state index in [1.807, 2.05) is 49.0 Å². The summed E-state index contributed by atoms with van der Waals surface area (Å²) >= 11 is 0. The van der Waals surface area contributed by atoms with Gasteiger partial charge in [-0.1, -0.05) is 18.2 Å². The second-order valence-electron chi connectivity index (χ2n) is 7.05. The number of ether oxygens (including phenoxy) is 3. The monoisotopic (exact) mass is 391 g/mol. The Kier molecular flexibility index (Phi) is 4.62. The van der Waals surface area contributed by atoms with Crippen molar-refractivity contribution in [3.05, 3.63) is 65.0 Å². The third kappa shape index (κ3) is 3.27. The molecule has 3 aromatic rings. The fourth-order valence-corrected chi connectivity index (χ4v) is 3.59. The number of nitrogens with zero attached hydrogens (tertiary/aromatic N) is 1. The summed E-state index contributed by atoms with van der Waals surface area (Å²) in [6, 6.07) is 11.3. The average molecular weight is 391 g/mol. The highest BCUT2D eigenvalue weighted by atomic mass is 16.6. The number of Topliss-reactive ketones (excluding diaryl/α,β-unsaturated/α-hetero) is 1. The highest BCUT2D eigenvalue weighted by Gasteiger charge is 2.30. The second kappa shape index (κ2) is 7.13. The number of hydrogen-bond donors (Lipinski definition) is 0. The van der Waals surface area contributed by atoms with Crippen LogP contribution in [0.5, 0.6) is 11.5 Å². The van der Waals surface area contributed by atoms with Crippen molar-refractivity contribution in [2.45, 2.75) is 20.0 Å². The van der Waals surface area contributed by atoms with Gasteiger partial charge in [-0.2, -0.15) is 0 Å². The summed E-state index contributed by atoms with van der Waals surface area (Å²) in [6.45, 7) is 3.42. The lowest BCUT2D eigenvalue weighted by molar-refractivity contribution is -0.147. The Morgan fingerprint density at radius 3 is 2.76 bits per heavy atom. The summed E-state index contributed by atoms with van der Waals surface area (Å²) in [5.74, 6) is 0.485. The summed E-state index contributed by atoms with van der Waals surface area (Å²) in [5, 5.41) is 1.04. The van der Waals surface area contributed by atoms with E-state index in [-0.39, 0.29) is 11.5 Å². The minimum absolute atomic E-state index is 0.169. The molecule has 29 heavy (non-hydrogen) atoms. The Morgan fingerprint density at radius 1 is 1.24 bits per heavy atom. The van der Waals surface area contributed by atoms with E-state index >= 15 is 0 Å². The van der Waals surface area contributed by atoms with Crippen LogP contribution in [0.15, 0.2) is 48.4 Å². The number of methoxy groups -OCH3 is 1. The van der Waals surface area contributed by atoms with Crippen molar-refractivity contribution >= 4 is 28.7 Å². The van der Waals surface area contributed by atoms with Crippen LogP contribution in [-0.4, -0.2) is 29.5 Å². The zero-order valence-corrected chi connectivity index (χ0v) is 16.7. The molecule has 0 radical (unpaired) electrons. The van der Waals surface area contributed by atoms with E-state index in [0.29, 0.717) is 17.1 Å². The highest BCUT2D eigenvalue weighted by molar-refractivity contribution is 6.16. The van der Waals surface area contributed by atoms with Crippen LogP contribution in [0, 0.1) is 6.92 Å². The number of benzene rings is 2. The average Bonchev–Trinajstić information content (AvgIpc) is 3.18. The molecule has 0 aliphatic carbocycles. The second-order valence-corrected chi connectivity index (χ2v) is 7.05. The van der Waals surface area contributed by atoms with E-state index < -0.39 is 12.1 Å². The van der Waals surface area contributed by atoms with Gasteiger partial charge in [0.05, 0.1) is 12.7 Å². The Hall–Kier alpha value is -3.54. The molecule has 6 nitrogen and oxygen atoms in total. The van der Waals surface area contributed by atoms with Crippen LogP contribution < -0.4 is 9.47 Å². The molecule has 0 amide bonds. The molecule has 1 atom stereocenters. The van der Waals surface area contributed by atoms with Crippen LogP contribution in [0.25, 0.3) is 17.0 Å². The van der Waals surface area contributed by atoms with Crippen molar-refractivity contribution < 1.29 is 23.8 Å². The van der Waals surface area contributed by atoms with Gasteiger partial charge in [0.2, 0.25) is 5.78 Å². The molecular weight excluding hydrogens is 370 g/mol. The predicted molar refractivity (Wildman–Crippen MR) is 109 cm³/mol. The van der Waals surface area contributed by atoms with Crippen molar-refractivity contribution in [3.8, 4) is 11.5 Å². The maximum atomic E-state index is 12.9. The summed E-state index contributed by atoms with van der Waals surface area (Å²) in [4.78, 5) is 24.5. The van der Waals surface area contributed by atoms with Gasteiger partial charge in [0.15, 0.2) is 11.9 Å². The minimum Gasteiger partial charge on any atom is -0.479 e. The molecule has 2 heterocycles. The van der Waals surface area contributed by atoms with Crippen LogP contribution in [-0.2, 0) is 16.6 Å². The lowest BCUT2D eigenvalue weighted by Gasteiger charge is -2.13. The Labute approximate surface area is 168 Å². The third-order valence-electron chi connectivity index (χ3n) is 5.00. The molecule has 1 aliphatic heterocycles. The first kappa shape index (κ1) is 18.8. The molecule has 0 fully saturated rings. The SMILES string of the molecule is COC(=O)C(C)Oc1cc(C)c2c(c1)O/C(=C\c1cn(C)c3ccccc13)C2=O. The van der Waals surface area contributed by atoms with Crippen molar-refractivity contribution in [1.29, 1.82) is 0 Å². The molecule has 1 unspecified atom stereocenters. The number of aryl methyl sites for hydroxylation is 2. The number of rotatable bonds is 4. The van der Waals surface area contributed by atoms with Gasteiger partial charge >= 0.3 is 5.97 Å². The Balaban J connectivity index is 1.68. The molecule has 0 N–H and O–H groups in total. The number of allylic oxidation sites excluding steroid dienone is 1. The van der Waals surface area contributed by atoms with Crippen LogP contribution in [0.2, 0.25) is 0 Å². The van der Waals surface area contributed by atoms with Crippen LogP contribution in [0.3, 0.4) is 0 Å². The lowest BCUT2D eigenvalue weighted by Crippen LogP contribution is -2.24. The first-order valence-corrected chi connectivity index (χ1v) is 9.26. The van der Waals surface area contributed by atoms with Gasteiger partial charge in [-0.15, -0.1) is 0 Å². The Morgan fingerprint density at radius 2 is 2.00 bits per heavy atom. The number of carbonyl (C=O) groups is 2. The molecule has 2 aromatic carbocycles. The smallest absolute Gasteiger partial charge is 0.346 e. The van der Waals surface area contributed by atoms with E-state index in [1.54, 1.807) is 25.1 Å². The molecule has 1 aromatic heterocycles. The maximum absolute atomic E-state index is 12.9. The lowest BCUT2D eigenvalue weighted by atomic mass is 10.0. The molecule has 6 heteroatoms. The van der Waals surface area contributed by atoms with E-state index in [1.165, 1.54) is 7.11 Å². The maximum Gasteiger partial charge on any atom is 0.346 e. The Bertz CT molecular complexity index is 1170. The molecule has 0 bridgehead atoms. The topological polar surface area (TPSA) is 66.8 Å². The van der Waals surface area contributed by atoms with Gasteiger partial charge in [-0.3, -0.25) is 4.79 Å².